The van der Waals surface area contributed by atoms with Gasteiger partial charge >= 0.3 is 0 Å². The average Bonchev–Trinajstić information content (AvgIpc) is 3.16. The van der Waals surface area contributed by atoms with Crippen LogP contribution in [0.15, 0.2) is 53.1 Å². The van der Waals surface area contributed by atoms with Crippen LogP contribution in [0.1, 0.15) is 36.5 Å². The second-order valence-electron chi connectivity index (χ2n) is 5.78. The molecule has 1 amide bonds. The van der Waals surface area contributed by atoms with E-state index in [0.717, 1.165) is 18.4 Å². The Morgan fingerprint density at radius 2 is 1.96 bits per heavy atom. The van der Waals surface area contributed by atoms with Gasteiger partial charge in [0.05, 0.1) is 6.61 Å². The van der Waals surface area contributed by atoms with Crippen molar-refractivity contribution in [2.24, 2.45) is 0 Å². The van der Waals surface area contributed by atoms with Crippen molar-refractivity contribution < 1.29 is 14.1 Å². The predicted octanol–water partition coefficient (Wildman–Crippen LogP) is 4.34. The molecule has 0 saturated heterocycles. The van der Waals surface area contributed by atoms with E-state index in [4.69, 9.17) is 9.26 Å². The van der Waals surface area contributed by atoms with Crippen molar-refractivity contribution in [1.29, 1.82) is 0 Å². The van der Waals surface area contributed by atoms with Gasteiger partial charge in [-0.1, -0.05) is 25.1 Å². The van der Waals surface area contributed by atoms with Crippen molar-refractivity contribution >= 4 is 11.6 Å². The van der Waals surface area contributed by atoms with Crippen LogP contribution in [0.25, 0.3) is 11.5 Å². The standard InChI is InChI=1S/C20H21N3O3/c1-3-12-25-17-7-5-6-15(13-17)19(24)21-16-10-8-14(9-11-16)20-22-18(4-2)23-26-20/h5-11,13H,3-4,12H2,1-2H3,(H,21,24). The molecule has 0 atom stereocenters. The van der Waals surface area contributed by atoms with Crippen molar-refractivity contribution in [1.82, 2.24) is 10.1 Å². The first-order chi connectivity index (χ1) is 12.7. The molecule has 1 aromatic heterocycles. The van der Waals surface area contributed by atoms with Gasteiger partial charge in [0.1, 0.15) is 5.75 Å². The summed E-state index contributed by atoms with van der Waals surface area (Å²) >= 11 is 0. The summed E-state index contributed by atoms with van der Waals surface area (Å²) < 4.78 is 10.8. The van der Waals surface area contributed by atoms with E-state index in [1.165, 1.54) is 0 Å². The minimum Gasteiger partial charge on any atom is -0.494 e. The molecule has 1 N–H and O–H groups in total. The van der Waals surface area contributed by atoms with Crippen molar-refractivity contribution in [2.45, 2.75) is 26.7 Å². The maximum atomic E-state index is 12.4. The van der Waals surface area contributed by atoms with Crippen LogP contribution in [0.3, 0.4) is 0 Å². The zero-order chi connectivity index (χ0) is 18.4. The SMILES string of the molecule is CCCOc1cccc(C(=O)Nc2ccc(-c3nc(CC)no3)cc2)c1. The lowest BCUT2D eigenvalue weighted by atomic mass is 10.1. The van der Waals surface area contributed by atoms with Crippen LogP contribution in [0.5, 0.6) is 5.75 Å². The number of rotatable bonds is 7. The number of carbonyl (C=O) groups excluding carboxylic acids is 1. The van der Waals surface area contributed by atoms with Gasteiger partial charge < -0.3 is 14.6 Å². The van der Waals surface area contributed by atoms with Crippen molar-refractivity contribution in [3.05, 3.63) is 59.9 Å². The molecule has 2 aromatic carbocycles. The summed E-state index contributed by atoms with van der Waals surface area (Å²) in [5, 5.41) is 6.76. The molecule has 6 heteroatoms. The van der Waals surface area contributed by atoms with Crippen molar-refractivity contribution in [3.63, 3.8) is 0 Å². The lowest BCUT2D eigenvalue weighted by molar-refractivity contribution is 0.102. The number of ether oxygens (including phenoxy) is 1. The third-order valence-corrected chi connectivity index (χ3v) is 3.74. The Balaban J connectivity index is 1.67. The Bertz CT molecular complexity index is 872. The number of nitrogens with zero attached hydrogens (tertiary/aromatic N) is 2. The maximum Gasteiger partial charge on any atom is 0.257 e. The largest absolute Gasteiger partial charge is 0.494 e. The van der Waals surface area contributed by atoms with Gasteiger partial charge in [-0.15, -0.1) is 0 Å². The van der Waals surface area contributed by atoms with Crippen molar-refractivity contribution in [3.8, 4) is 17.2 Å². The van der Waals surface area contributed by atoms with Gasteiger partial charge in [0.25, 0.3) is 11.8 Å². The Labute approximate surface area is 152 Å². The van der Waals surface area contributed by atoms with Crippen LogP contribution in [0.2, 0.25) is 0 Å². The number of amides is 1. The molecule has 0 unspecified atom stereocenters. The molecule has 0 aliphatic heterocycles. The Kier molecular flexibility index (Phi) is 5.63. The van der Waals surface area contributed by atoms with Crippen molar-refractivity contribution in [2.75, 3.05) is 11.9 Å². The first-order valence-electron chi connectivity index (χ1n) is 8.66. The van der Waals surface area contributed by atoms with Crippen LogP contribution in [-0.4, -0.2) is 22.7 Å². The summed E-state index contributed by atoms with van der Waals surface area (Å²) in [6.07, 6.45) is 1.64. The third kappa shape index (κ3) is 4.27. The third-order valence-electron chi connectivity index (χ3n) is 3.74. The highest BCUT2D eigenvalue weighted by Gasteiger charge is 2.10. The summed E-state index contributed by atoms with van der Waals surface area (Å²) in [4.78, 5) is 16.7. The number of benzene rings is 2. The van der Waals surface area contributed by atoms with E-state index in [1.54, 1.807) is 24.3 Å². The van der Waals surface area contributed by atoms with Crippen LogP contribution < -0.4 is 10.1 Å². The van der Waals surface area contributed by atoms with Gasteiger partial charge in [0.2, 0.25) is 0 Å². The number of hydrogen-bond donors (Lipinski definition) is 1. The maximum absolute atomic E-state index is 12.4. The first kappa shape index (κ1) is 17.7. The molecule has 0 fully saturated rings. The number of hydrogen-bond acceptors (Lipinski definition) is 5. The molecule has 3 aromatic rings. The molecule has 0 aliphatic rings. The highest BCUT2D eigenvalue weighted by atomic mass is 16.5. The Morgan fingerprint density at radius 1 is 1.15 bits per heavy atom. The first-order valence-corrected chi connectivity index (χ1v) is 8.66. The van der Waals surface area contributed by atoms with E-state index in [2.05, 4.69) is 15.5 Å². The van der Waals surface area contributed by atoms with Gasteiger partial charge in [-0.05, 0) is 48.9 Å². The van der Waals surface area contributed by atoms with E-state index >= 15 is 0 Å². The summed E-state index contributed by atoms with van der Waals surface area (Å²) in [6, 6.07) is 14.4. The highest BCUT2D eigenvalue weighted by molar-refractivity contribution is 6.04. The minimum atomic E-state index is -0.189. The number of aromatic nitrogens is 2. The Morgan fingerprint density at radius 3 is 2.65 bits per heavy atom. The van der Waals surface area contributed by atoms with Gasteiger partial charge in [-0.3, -0.25) is 4.79 Å². The lowest BCUT2D eigenvalue weighted by Crippen LogP contribution is -2.12. The smallest absolute Gasteiger partial charge is 0.257 e. The van der Waals surface area contributed by atoms with Gasteiger partial charge in [0, 0.05) is 23.2 Å². The summed E-state index contributed by atoms with van der Waals surface area (Å²) in [6.45, 7) is 4.63. The van der Waals surface area contributed by atoms with Crippen LogP contribution >= 0.6 is 0 Å². The van der Waals surface area contributed by atoms with Gasteiger partial charge in [-0.2, -0.15) is 4.98 Å². The molecule has 0 bridgehead atoms. The fourth-order valence-electron chi connectivity index (χ4n) is 2.36. The van der Waals surface area contributed by atoms with Crippen LogP contribution in [0.4, 0.5) is 5.69 Å². The normalized spacial score (nSPS) is 10.5. The molecule has 0 aliphatic carbocycles. The number of anilines is 1. The fraction of sp³-hybridized carbons (Fsp3) is 0.250. The van der Waals surface area contributed by atoms with Crippen LogP contribution in [-0.2, 0) is 6.42 Å². The second-order valence-corrected chi connectivity index (χ2v) is 5.78. The zero-order valence-corrected chi connectivity index (χ0v) is 14.9. The molecule has 0 saturated carbocycles. The van der Waals surface area contributed by atoms with E-state index in [-0.39, 0.29) is 5.91 Å². The predicted molar refractivity (Wildman–Crippen MR) is 99.3 cm³/mol. The second kappa shape index (κ2) is 8.29. The van der Waals surface area contributed by atoms with E-state index < -0.39 is 0 Å². The molecule has 6 nitrogen and oxygen atoms in total. The van der Waals surface area contributed by atoms with E-state index in [9.17, 15) is 4.79 Å². The fourth-order valence-corrected chi connectivity index (χ4v) is 2.36. The van der Waals surface area contributed by atoms with Gasteiger partial charge in [0.15, 0.2) is 5.82 Å². The topological polar surface area (TPSA) is 77.2 Å². The van der Waals surface area contributed by atoms with Crippen LogP contribution in [0, 0.1) is 0 Å². The quantitative estimate of drug-likeness (QED) is 0.685. The monoisotopic (exact) mass is 351 g/mol. The molecule has 3 rings (SSSR count). The lowest BCUT2D eigenvalue weighted by Gasteiger charge is -2.08. The number of carbonyl (C=O) groups is 1. The van der Waals surface area contributed by atoms with Gasteiger partial charge in [-0.25, -0.2) is 0 Å². The average molecular weight is 351 g/mol. The molecule has 0 radical (unpaired) electrons. The molecule has 134 valence electrons. The minimum absolute atomic E-state index is 0.189. The number of nitrogens with one attached hydrogen (secondary N) is 1. The molecule has 1 heterocycles. The number of aryl methyl sites for hydroxylation is 1. The van der Waals surface area contributed by atoms with E-state index in [0.29, 0.717) is 35.3 Å². The Hall–Kier alpha value is -3.15. The summed E-state index contributed by atoms with van der Waals surface area (Å²) in [5.41, 5.74) is 2.05. The molecule has 26 heavy (non-hydrogen) atoms. The summed E-state index contributed by atoms with van der Waals surface area (Å²) in [5.74, 6) is 1.65. The van der Waals surface area contributed by atoms with E-state index in [1.807, 2.05) is 38.1 Å². The summed E-state index contributed by atoms with van der Waals surface area (Å²) in [7, 11) is 0. The highest BCUT2D eigenvalue weighted by Crippen LogP contribution is 2.21. The molecular formula is C20H21N3O3. The molecule has 0 spiro atoms. The zero-order valence-electron chi connectivity index (χ0n) is 14.9. The molecular weight excluding hydrogens is 330 g/mol.